The van der Waals surface area contributed by atoms with Gasteiger partial charge in [-0.1, -0.05) is 36.6 Å². The molecule has 1 aromatic carbocycles. The molecule has 1 aromatic heterocycles. The molecule has 1 N–H and O–H groups in total. The number of esters is 1. The number of ether oxygens (including phenoxy) is 1. The Bertz CT molecular complexity index is 703. The minimum Gasteiger partial charge on any atom is -0.508 e. The highest BCUT2D eigenvalue weighted by atomic mass is 16.5. The molecular formula is C19H25N3O3. The molecular weight excluding hydrogens is 318 g/mol. The van der Waals surface area contributed by atoms with Crippen LogP contribution in [0.4, 0.5) is 0 Å². The first-order valence-corrected chi connectivity index (χ1v) is 8.87. The summed E-state index contributed by atoms with van der Waals surface area (Å²) in [5.74, 6) is 0.151. The summed E-state index contributed by atoms with van der Waals surface area (Å²) in [6.45, 7) is 0.711. The Morgan fingerprint density at radius 2 is 1.96 bits per heavy atom. The first kappa shape index (κ1) is 17.5. The Morgan fingerprint density at radius 1 is 1.24 bits per heavy atom. The van der Waals surface area contributed by atoms with Crippen LogP contribution in [0.25, 0.3) is 0 Å². The number of aromatic nitrogens is 3. The summed E-state index contributed by atoms with van der Waals surface area (Å²) in [5.41, 5.74) is 1.54. The fourth-order valence-electron chi connectivity index (χ4n) is 3.68. The zero-order chi connectivity index (χ0) is 17.7. The first-order valence-electron chi connectivity index (χ1n) is 8.87. The van der Waals surface area contributed by atoms with E-state index in [1.54, 1.807) is 12.1 Å². The molecule has 0 saturated heterocycles. The van der Waals surface area contributed by atoms with Gasteiger partial charge in [0.15, 0.2) is 0 Å². The molecule has 0 bridgehead atoms. The number of carbonyl (C=O) groups is 1. The summed E-state index contributed by atoms with van der Waals surface area (Å²) in [7, 11) is 1.47. The van der Waals surface area contributed by atoms with E-state index < -0.39 is 5.41 Å². The van der Waals surface area contributed by atoms with Crippen LogP contribution in [-0.2, 0) is 28.9 Å². The molecule has 0 radical (unpaired) electrons. The number of rotatable bonds is 6. The highest BCUT2D eigenvalue weighted by molar-refractivity contribution is 5.77. The quantitative estimate of drug-likeness (QED) is 0.816. The minimum atomic E-state index is -0.440. The molecule has 25 heavy (non-hydrogen) atoms. The van der Waals surface area contributed by atoms with E-state index in [0.717, 1.165) is 43.4 Å². The van der Waals surface area contributed by atoms with Crippen molar-refractivity contribution in [3.05, 3.63) is 41.7 Å². The maximum atomic E-state index is 12.3. The summed E-state index contributed by atoms with van der Waals surface area (Å²) in [6, 6.07) is 7.18. The molecule has 1 fully saturated rings. The number of aromatic hydroxyl groups is 1. The minimum absolute atomic E-state index is 0.120. The molecule has 3 rings (SSSR count). The van der Waals surface area contributed by atoms with Crippen molar-refractivity contribution < 1.29 is 14.6 Å². The van der Waals surface area contributed by atoms with Gasteiger partial charge in [0.25, 0.3) is 0 Å². The molecule has 6 nitrogen and oxygen atoms in total. The van der Waals surface area contributed by atoms with Gasteiger partial charge in [-0.25, -0.2) is 0 Å². The predicted octanol–water partition coefficient (Wildman–Crippen LogP) is 2.89. The molecule has 0 unspecified atom stereocenters. The van der Waals surface area contributed by atoms with Crippen LogP contribution < -0.4 is 0 Å². The van der Waals surface area contributed by atoms with Crippen LogP contribution in [0.1, 0.15) is 43.4 Å². The molecule has 0 amide bonds. The van der Waals surface area contributed by atoms with E-state index in [0.29, 0.717) is 13.0 Å². The van der Waals surface area contributed by atoms with Gasteiger partial charge in [-0.2, -0.15) is 0 Å². The van der Waals surface area contributed by atoms with Crippen LogP contribution in [-0.4, -0.2) is 33.2 Å². The Morgan fingerprint density at radius 3 is 2.64 bits per heavy atom. The van der Waals surface area contributed by atoms with Gasteiger partial charge in [0.05, 0.1) is 18.2 Å². The van der Waals surface area contributed by atoms with Gasteiger partial charge in [-0.3, -0.25) is 9.48 Å². The lowest BCUT2D eigenvalue weighted by atomic mass is 9.71. The van der Waals surface area contributed by atoms with E-state index in [1.807, 2.05) is 23.0 Å². The Labute approximate surface area is 147 Å². The second kappa shape index (κ2) is 7.68. The van der Waals surface area contributed by atoms with Crippen LogP contribution in [0.5, 0.6) is 5.75 Å². The zero-order valence-electron chi connectivity index (χ0n) is 14.6. The van der Waals surface area contributed by atoms with Crippen LogP contribution in [0.3, 0.4) is 0 Å². The Hall–Kier alpha value is -2.37. The lowest BCUT2D eigenvalue weighted by Gasteiger charge is -2.33. The van der Waals surface area contributed by atoms with Crippen molar-refractivity contribution in [3.63, 3.8) is 0 Å². The SMILES string of the molecule is COC(=O)C1(Cc2cn(CCc3ccc(O)cc3)nn2)CCCCC1. The van der Waals surface area contributed by atoms with Crippen molar-refractivity contribution in [1.29, 1.82) is 0 Å². The van der Waals surface area contributed by atoms with Crippen LogP contribution in [0.2, 0.25) is 0 Å². The van der Waals surface area contributed by atoms with Gasteiger partial charge < -0.3 is 9.84 Å². The molecule has 0 aliphatic heterocycles. The highest BCUT2D eigenvalue weighted by Crippen LogP contribution is 2.40. The van der Waals surface area contributed by atoms with Gasteiger partial charge >= 0.3 is 5.97 Å². The third-order valence-corrected chi connectivity index (χ3v) is 5.10. The summed E-state index contributed by atoms with van der Waals surface area (Å²) < 4.78 is 6.89. The molecule has 0 atom stereocenters. The van der Waals surface area contributed by atoms with Crippen molar-refractivity contribution in [2.45, 2.75) is 51.5 Å². The molecule has 1 aliphatic rings. The van der Waals surface area contributed by atoms with Crippen molar-refractivity contribution in [3.8, 4) is 5.75 Å². The van der Waals surface area contributed by atoms with Gasteiger partial charge in [0.2, 0.25) is 0 Å². The number of carbonyl (C=O) groups excluding carboxylic acids is 1. The second-order valence-electron chi connectivity index (χ2n) is 6.90. The van der Waals surface area contributed by atoms with Crippen LogP contribution in [0.15, 0.2) is 30.5 Å². The monoisotopic (exact) mass is 343 g/mol. The van der Waals surface area contributed by atoms with Gasteiger partial charge in [-0.15, -0.1) is 5.10 Å². The number of phenolic OH excluding ortho intramolecular Hbond substituents is 1. The van der Waals surface area contributed by atoms with Crippen molar-refractivity contribution in [1.82, 2.24) is 15.0 Å². The fraction of sp³-hybridized carbons (Fsp3) is 0.526. The molecule has 1 heterocycles. The normalized spacial score (nSPS) is 16.5. The average molecular weight is 343 g/mol. The fourth-order valence-corrected chi connectivity index (χ4v) is 3.68. The average Bonchev–Trinajstić information content (AvgIpc) is 3.08. The van der Waals surface area contributed by atoms with Crippen LogP contribution >= 0.6 is 0 Å². The number of hydrogen-bond donors (Lipinski definition) is 1. The van der Waals surface area contributed by atoms with Crippen LogP contribution in [0, 0.1) is 5.41 Å². The lowest BCUT2D eigenvalue weighted by Crippen LogP contribution is -2.36. The third-order valence-electron chi connectivity index (χ3n) is 5.10. The van der Waals surface area contributed by atoms with E-state index in [1.165, 1.54) is 13.5 Å². The lowest BCUT2D eigenvalue weighted by molar-refractivity contribution is -0.155. The molecule has 2 aromatic rings. The van der Waals surface area contributed by atoms with Gasteiger partial charge in [0, 0.05) is 19.2 Å². The largest absolute Gasteiger partial charge is 0.508 e. The van der Waals surface area contributed by atoms with E-state index in [-0.39, 0.29) is 11.7 Å². The van der Waals surface area contributed by atoms with Gasteiger partial charge in [0.1, 0.15) is 5.75 Å². The summed E-state index contributed by atoms with van der Waals surface area (Å²) >= 11 is 0. The van der Waals surface area contributed by atoms with E-state index in [9.17, 15) is 9.90 Å². The smallest absolute Gasteiger partial charge is 0.312 e. The first-order chi connectivity index (χ1) is 12.1. The summed E-state index contributed by atoms with van der Waals surface area (Å²) in [4.78, 5) is 12.3. The van der Waals surface area contributed by atoms with Crippen molar-refractivity contribution in [2.75, 3.05) is 7.11 Å². The van der Waals surface area contributed by atoms with E-state index in [2.05, 4.69) is 10.3 Å². The topological polar surface area (TPSA) is 77.2 Å². The molecule has 1 aliphatic carbocycles. The third kappa shape index (κ3) is 4.18. The maximum Gasteiger partial charge on any atom is 0.312 e. The molecule has 6 heteroatoms. The summed E-state index contributed by atoms with van der Waals surface area (Å²) in [5, 5.41) is 17.8. The highest BCUT2D eigenvalue weighted by Gasteiger charge is 2.41. The Balaban J connectivity index is 1.63. The number of methoxy groups -OCH3 is 1. The van der Waals surface area contributed by atoms with Crippen molar-refractivity contribution >= 4 is 5.97 Å². The number of benzene rings is 1. The Kier molecular flexibility index (Phi) is 5.36. The number of hydrogen-bond acceptors (Lipinski definition) is 5. The number of phenols is 1. The van der Waals surface area contributed by atoms with Gasteiger partial charge in [-0.05, 0) is 37.0 Å². The standard InChI is InChI=1S/C19H25N3O3/c1-25-18(24)19(10-3-2-4-11-19)13-16-14-22(21-20-16)12-9-15-5-7-17(23)8-6-15/h5-8,14,23H,2-4,9-13H2,1H3. The van der Waals surface area contributed by atoms with Crippen molar-refractivity contribution in [2.24, 2.45) is 5.41 Å². The van der Waals surface area contributed by atoms with E-state index in [4.69, 9.17) is 4.74 Å². The zero-order valence-corrected chi connectivity index (χ0v) is 14.6. The number of aryl methyl sites for hydroxylation is 2. The molecule has 134 valence electrons. The maximum absolute atomic E-state index is 12.3. The molecule has 0 spiro atoms. The molecule has 1 saturated carbocycles. The van der Waals surface area contributed by atoms with E-state index >= 15 is 0 Å². The predicted molar refractivity (Wildman–Crippen MR) is 93.1 cm³/mol. The summed E-state index contributed by atoms with van der Waals surface area (Å²) in [6.07, 6.45) is 8.36. The number of nitrogens with zero attached hydrogens (tertiary/aromatic N) is 3. The second-order valence-corrected chi connectivity index (χ2v) is 6.90.